The molecule has 0 spiro atoms. The maximum absolute atomic E-state index is 13.2. The molecule has 1 heterocycles. The van der Waals surface area contributed by atoms with Crippen LogP contribution in [0.2, 0.25) is 0 Å². The number of benzene rings is 1. The van der Waals surface area contributed by atoms with Gasteiger partial charge in [0.2, 0.25) is 5.88 Å². The number of nitrogens with zero attached hydrogens (tertiary/aromatic N) is 2. The van der Waals surface area contributed by atoms with E-state index in [2.05, 4.69) is 15.3 Å². The Hall–Kier alpha value is -2.81. The number of carbonyl (C=O) groups excluding carboxylic acids is 1. The predicted octanol–water partition coefficient (Wildman–Crippen LogP) is 3.74. The fraction of sp³-hybridized carbons (Fsp3) is 0.381. The predicted molar refractivity (Wildman–Crippen MR) is 111 cm³/mol. The average Bonchev–Trinajstić information content (AvgIpc) is 3.22. The second-order valence-electron chi connectivity index (χ2n) is 7.40. The smallest absolute Gasteiger partial charge is 0.258 e. The van der Waals surface area contributed by atoms with Gasteiger partial charge in [0, 0.05) is 29.8 Å². The van der Waals surface area contributed by atoms with Crippen molar-refractivity contribution in [3.63, 3.8) is 0 Å². The fourth-order valence-electron chi connectivity index (χ4n) is 3.20. The lowest BCUT2D eigenvalue weighted by molar-refractivity contribution is 0.0943. The van der Waals surface area contributed by atoms with Crippen LogP contribution in [0, 0.1) is 5.82 Å². The van der Waals surface area contributed by atoms with Gasteiger partial charge >= 0.3 is 0 Å². The molecule has 1 atom stereocenters. The van der Waals surface area contributed by atoms with E-state index in [1.807, 2.05) is 0 Å². The minimum absolute atomic E-state index is 0.0790. The molecule has 30 heavy (non-hydrogen) atoms. The Morgan fingerprint density at radius 3 is 2.57 bits per heavy atom. The van der Waals surface area contributed by atoms with Gasteiger partial charge < -0.3 is 10.1 Å². The van der Waals surface area contributed by atoms with Crippen LogP contribution in [0.3, 0.4) is 0 Å². The summed E-state index contributed by atoms with van der Waals surface area (Å²) in [5.41, 5.74) is 0.112. The molecule has 160 valence electrons. The van der Waals surface area contributed by atoms with E-state index in [4.69, 9.17) is 4.74 Å². The van der Waals surface area contributed by atoms with Crippen molar-refractivity contribution < 1.29 is 22.3 Å². The van der Waals surface area contributed by atoms with E-state index in [0.717, 1.165) is 37.3 Å². The molecule has 7 nitrogen and oxygen atoms in total. The van der Waals surface area contributed by atoms with Crippen molar-refractivity contribution in [3.05, 3.63) is 59.2 Å². The normalized spacial score (nSPS) is 16.0. The lowest BCUT2D eigenvalue weighted by Crippen LogP contribution is -2.31. The number of aromatic nitrogens is 2. The van der Waals surface area contributed by atoms with Gasteiger partial charge in [-0.25, -0.2) is 17.8 Å². The van der Waals surface area contributed by atoms with E-state index in [1.165, 1.54) is 36.5 Å². The molecule has 0 aliphatic heterocycles. The molecular weight excluding hydrogens is 409 g/mol. The van der Waals surface area contributed by atoms with Crippen molar-refractivity contribution >= 4 is 15.7 Å². The Balaban J connectivity index is 1.86. The van der Waals surface area contributed by atoms with Crippen LogP contribution in [0.15, 0.2) is 41.9 Å². The molecule has 1 fully saturated rings. The minimum Gasteiger partial charge on any atom is -0.438 e. The first kappa shape index (κ1) is 21.9. The Kier molecular flexibility index (Phi) is 6.81. The van der Waals surface area contributed by atoms with Crippen LogP contribution in [-0.2, 0) is 9.84 Å². The number of ether oxygens (including phenoxy) is 1. The lowest BCUT2D eigenvalue weighted by atomic mass is 10.1. The van der Waals surface area contributed by atoms with Crippen LogP contribution in [0.4, 0.5) is 4.39 Å². The standard InChI is InChI=1S/C21H24FN3O4S/c1-14(11-12-30(2,27)28)24-20(26)18-13-23-19(15-5-3-4-6-15)25-21(18)29-17-9-7-16(22)8-10-17/h7-15H,3-6H2,1-2H3,(H,24,26). The molecule has 1 amide bonds. The van der Waals surface area contributed by atoms with Gasteiger partial charge in [0.05, 0.1) is 0 Å². The summed E-state index contributed by atoms with van der Waals surface area (Å²) < 4.78 is 41.5. The molecule has 0 bridgehead atoms. The second-order valence-corrected chi connectivity index (χ2v) is 9.34. The van der Waals surface area contributed by atoms with Gasteiger partial charge in [-0.15, -0.1) is 0 Å². The van der Waals surface area contributed by atoms with Gasteiger partial charge in [-0.2, -0.15) is 4.98 Å². The van der Waals surface area contributed by atoms with Gasteiger partial charge in [0.15, 0.2) is 9.84 Å². The number of rotatable bonds is 7. The number of nitrogens with one attached hydrogen (secondary N) is 1. The van der Waals surface area contributed by atoms with E-state index >= 15 is 0 Å². The first-order chi connectivity index (χ1) is 14.2. The third-order valence-electron chi connectivity index (χ3n) is 4.74. The summed E-state index contributed by atoms with van der Waals surface area (Å²) in [6.45, 7) is 1.65. The van der Waals surface area contributed by atoms with E-state index < -0.39 is 27.6 Å². The zero-order chi connectivity index (χ0) is 21.7. The molecule has 1 saturated carbocycles. The van der Waals surface area contributed by atoms with Crippen molar-refractivity contribution in [3.8, 4) is 11.6 Å². The van der Waals surface area contributed by atoms with Crippen molar-refractivity contribution in [2.45, 2.75) is 44.6 Å². The van der Waals surface area contributed by atoms with Crippen molar-refractivity contribution in [2.75, 3.05) is 6.26 Å². The van der Waals surface area contributed by atoms with Crippen molar-refractivity contribution in [1.82, 2.24) is 15.3 Å². The number of carbonyl (C=O) groups is 1. The molecule has 1 aliphatic rings. The van der Waals surface area contributed by atoms with Gasteiger partial charge in [0.25, 0.3) is 5.91 Å². The first-order valence-corrected chi connectivity index (χ1v) is 11.7. The van der Waals surface area contributed by atoms with Gasteiger partial charge in [-0.05, 0) is 44.0 Å². The van der Waals surface area contributed by atoms with Crippen molar-refractivity contribution in [2.24, 2.45) is 0 Å². The van der Waals surface area contributed by atoms with Gasteiger partial charge in [-0.3, -0.25) is 4.79 Å². The Morgan fingerprint density at radius 1 is 1.27 bits per heavy atom. The number of hydrogen-bond acceptors (Lipinski definition) is 6. The third kappa shape index (κ3) is 6.09. The van der Waals surface area contributed by atoms with Crippen molar-refractivity contribution in [1.29, 1.82) is 0 Å². The molecular formula is C21H24FN3O4S. The summed E-state index contributed by atoms with van der Waals surface area (Å²) in [5.74, 6) is 0.346. The highest BCUT2D eigenvalue weighted by atomic mass is 32.2. The molecule has 9 heteroatoms. The SMILES string of the molecule is CC(C=CS(C)(=O)=O)NC(=O)c1cnc(C2CCCC2)nc1Oc1ccc(F)cc1. The van der Waals surface area contributed by atoms with Crippen LogP contribution in [0.25, 0.3) is 0 Å². The zero-order valence-electron chi connectivity index (χ0n) is 16.8. The van der Waals surface area contributed by atoms with Crippen LogP contribution in [-0.4, -0.2) is 36.6 Å². The number of halogens is 1. The highest BCUT2D eigenvalue weighted by molar-refractivity contribution is 7.93. The minimum atomic E-state index is -3.30. The summed E-state index contributed by atoms with van der Waals surface area (Å²) in [7, 11) is -3.30. The van der Waals surface area contributed by atoms with E-state index in [9.17, 15) is 17.6 Å². The van der Waals surface area contributed by atoms with E-state index in [0.29, 0.717) is 11.6 Å². The van der Waals surface area contributed by atoms with E-state index in [-0.39, 0.29) is 17.4 Å². The van der Waals surface area contributed by atoms with Crippen LogP contribution in [0.1, 0.15) is 54.7 Å². The number of sulfone groups is 1. The Morgan fingerprint density at radius 2 is 1.93 bits per heavy atom. The van der Waals surface area contributed by atoms with Crippen LogP contribution < -0.4 is 10.1 Å². The average molecular weight is 434 g/mol. The molecule has 3 rings (SSSR count). The quantitative estimate of drug-likeness (QED) is 0.714. The van der Waals surface area contributed by atoms with Gasteiger partial charge in [-0.1, -0.05) is 18.9 Å². The molecule has 1 aromatic heterocycles. The molecule has 1 N–H and O–H groups in total. The van der Waals surface area contributed by atoms with E-state index in [1.54, 1.807) is 6.92 Å². The molecule has 2 aromatic rings. The monoisotopic (exact) mass is 433 g/mol. The highest BCUT2D eigenvalue weighted by Gasteiger charge is 2.24. The molecule has 1 aromatic carbocycles. The summed E-state index contributed by atoms with van der Waals surface area (Å²) in [5, 5.41) is 3.72. The van der Waals surface area contributed by atoms with Gasteiger partial charge in [0.1, 0.15) is 23.0 Å². The molecule has 0 saturated heterocycles. The lowest BCUT2D eigenvalue weighted by Gasteiger charge is -2.15. The highest BCUT2D eigenvalue weighted by Crippen LogP contribution is 2.34. The van der Waals surface area contributed by atoms with Crippen LogP contribution >= 0.6 is 0 Å². The second kappa shape index (κ2) is 9.34. The maximum Gasteiger partial charge on any atom is 0.258 e. The third-order valence-corrected chi connectivity index (χ3v) is 5.39. The summed E-state index contributed by atoms with van der Waals surface area (Å²) in [6.07, 6.45) is 8.04. The molecule has 0 radical (unpaired) electrons. The zero-order valence-corrected chi connectivity index (χ0v) is 17.7. The van der Waals surface area contributed by atoms with Crippen LogP contribution in [0.5, 0.6) is 11.6 Å². The topological polar surface area (TPSA) is 98.2 Å². The summed E-state index contributed by atoms with van der Waals surface area (Å²) in [6, 6.07) is 4.87. The number of hydrogen-bond donors (Lipinski definition) is 1. The first-order valence-electron chi connectivity index (χ1n) is 9.71. The molecule has 1 aliphatic carbocycles. The Labute approximate surface area is 175 Å². The summed E-state index contributed by atoms with van der Waals surface area (Å²) in [4.78, 5) is 21.6. The Bertz CT molecular complexity index is 1030. The largest absolute Gasteiger partial charge is 0.438 e. The number of amides is 1. The summed E-state index contributed by atoms with van der Waals surface area (Å²) >= 11 is 0. The molecule has 1 unspecified atom stereocenters. The fourth-order valence-corrected chi connectivity index (χ4v) is 3.72. The maximum atomic E-state index is 13.2.